The molecule has 0 atom stereocenters. The van der Waals surface area contributed by atoms with E-state index in [1.165, 1.54) is 5.56 Å². The van der Waals surface area contributed by atoms with Crippen LogP contribution in [0.4, 0.5) is 5.82 Å². The lowest BCUT2D eigenvalue weighted by molar-refractivity contribution is 0.200. The third-order valence-corrected chi connectivity index (χ3v) is 2.53. The largest absolute Gasteiger partial charge is 0.384 e. The van der Waals surface area contributed by atoms with E-state index < -0.39 is 0 Å². The van der Waals surface area contributed by atoms with Gasteiger partial charge < -0.3 is 10.1 Å². The lowest BCUT2D eigenvalue weighted by atomic mass is 10.0. The molecule has 0 saturated carbocycles. The predicted molar refractivity (Wildman–Crippen MR) is 66.0 cm³/mol. The molecule has 0 saturated heterocycles. The molecule has 0 fully saturated rings. The third-order valence-electron chi connectivity index (χ3n) is 2.53. The third kappa shape index (κ3) is 2.92. The molecular formula is C12H21N3O. The number of nitrogens with one attached hydrogen (secondary N) is 1. The van der Waals surface area contributed by atoms with Gasteiger partial charge in [0.05, 0.1) is 6.61 Å². The van der Waals surface area contributed by atoms with Gasteiger partial charge in [0.2, 0.25) is 0 Å². The molecule has 1 aromatic heterocycles. The minimum Gasteiger partial charge on any atom is -0.384 e. The number of ether oxygens (including phenoxy) is 1. The molecule has 0 spiro atoms. The summed E-state index contributed by atoms with van der Waals surface area (Å²) in [6.45, 7) is 7.00. The molecule has 0 aromatic carbocycles. The molecule has 4 nitrogen and oxygen atoms in total. The molecule has 1 rings (SSSR count). The van der Waals surface area contributed by atoms with Crippen molar-refractivity contribution in [2.75, 3.05) is 26.1 Å². The van der Waals surface area contributed by atoms with Crippen LogP contribution in [-0.4, -0.2) is 30.7 Å². The zero-order valence-corrected chi connectivity index (χ0v) is 10.8. The van der Waals surface area contributed by atoms with Gasteiger partial charge in [-0.05, 0) is 12.8 Å². The number of aromatic nitrogens is 2. The van der Waals surface area contributed by atoms with Gasteiger partial charge in [0.15, 0.2) is 0 Å². The Labute approximate surface area is 97.5 Å². The van der Waals surface area contributed by atoms with Crippen LogP contribution in [0.1, 0.15) is 36.8 Å². The lowest BCUT2D eigenvalue weighted by Gasteiger charge is -2.15. The molecule has 0 amide bonds. The van der Waals surface area contributed by atoms with Crippen LogP contribution in [0.5, 0.6) is 0 Å². The molecule has 0 bridgehead atoms. The van der Waals surface area contributed by atoms with Crippen molar-refractivity contribution in [3.63, 3.8) is 0 Å². The summed E-state index contributed by atoms with van der Waals surface area (Å²) in [5.74, 6) is 2.21. The average Bonchev–Trinajstić information content (AvgIpc) is 2.24. The SMILES string of the molecule is CNc1nc(CCOC)nc(C)c1C(C)C. The fourth-order valence-corrected chi connectivity index (χ4v) is 1.83. The molecule has 16 heavy (non-hydrogen) atoms. The molecule has 0 aliphatic heterocycles. The normalized spacial score (nSPS) is 10.9. The number of anilines is 1. The van der Waals surface area contributed by atoms with Crippen molar-refractivity contribution < 1.29 is 4.74 Å². The molecule has 1 N–H and O–H groups in total. The topological polar surface area (TPSA) is 47.0 Å². The number of hydrogen-bond acceptors (Lipinski definition) is 4. The van der Waals surface area contributed by atoms with E-state index in [-0.39, 0.29) is 0 Å². The van der Waals surface area contributed by atoms with Crippen molar-refractivity contribution in [1.29, 1.82) is 0 Å². The highest BCUT2D eigenvalue weighted by atomic mass is 16.5. The average molecular weight is 223 g/mol. The maximum atomic E-state index is 5.04. The number of aryl methyl sites for hydroxylation is 1. The Morgan fingerprint density at radius 1 is 1.31 bits per heavy atom. The Bertz CT molecular complexity index is 350. The van der Waals surface area contributed by atoms with Crippen molar-refractivity contribution in [3.8, 4) is 0 Å². The van der Waals surface area contributed by atoms with Crippen molar-refractivity contribution in [1.82, 2.24) is 9.97 Å². The second-order valence-electron chi connectivity index (χ2n) is 4.14. The standard InChI is InChI=1S/C12H21N3O/c1-8(2)11-9(3)14-10(6-7-16-5)15-12(11)13-4/h8H,6-7H2,1-5H3,(H,13,14,15). The van der Waals surface area contributed by atoms with E-state index in [4.69, 9.17) is 4.74 Å². The smallest absolute Gasteiger partial charge is 0.133 e. The summed E-state index contributed by atoms with van der Waals surface area (Å²) < 4.78 is 5.04. The van der Waals surface area contributed by atoms with E-state index in [9.17, 15) is 0 Å². The highest BCUT2D eigenvalue weighted by molar-refractivity contribution is 5.47. The minimum absolute atomic E-state index is 0.430. The first-order valence-electron chi connectivity index (χ1n) is 5.64. The van der Waals surface area contributed by atoms with E-state index >= 15 is 0 Å². The van der Waals surface area contributed by atoms with Gasteiger partial charge in [-0.2, -0.15) is 0 Å². The maximum absolute atomic E-state index is 5.04. The van der Waals surface area contributed by atoms with Crippen LogP contribution < -0.4 is 5.32 Å². The Balaban J connectivity index is 3.06. The molecule has 4 heteroatoms. The first-order valence-corrected chi connectivity index (χ1v) is 5.64. The summed E-state index contributed by atoms with van der Waals surface area (Å²) in [5, 5.41) is 3.14. The van der Waals surface area contributed by atoms with E-state index in [1.807, 2.05) is 14.0 Å². The Hall–Kier alpha value is -1.16. The van der Waals surface area contributed by atoms with Crippen molar-refractivity contribution in [2.45, 2.75) is 33.1 Å². The first-order chi connectivity index (χ1) is 7.60. The number of hydrogen-bond donors (Lipinski definition) is 1. The summed E-state index contributed by atoms with van der Waals surface area (Å²) in [7, 11) is 3.59. The van der Waals surface area contributed by atoms with Gasteiger partial charge in [0.25, 0.3) is 0 Å². The van der Waals surface area contributed by atoms with Crippen LogP contribution in [0, 0.1) is 6.92 Å². The van der Waals surface area contributed by atoms with Crippen molar-refractivity contribution in [3.05, 3.63) is 17.1 Å². The van der Waals surface area contributed by atoms with Crippen molar-refractivity contribution >= 4 is 5.82 Å². The summed E-state index contributed by atoms with van der Waals surface area (Å²) >= 11 is 0. The van der Waals surface area contributed by atoms with Crippen molar-refractivity contribution in [2.24, 2.45) is 0 Å². The van der Waals surface area contributed by atoms with Gasteiger partial charge in [0.1, 0.15) is 11.6 Å². The van der Waals surface area contributed by atoms with Gasteiger partial charge in [0, 0.05) is 31.8 Å². The van der Waals surface area contributed by atoms with Gasteiger partial charge in [-0.3, -0.25) is 0 Å². The highest BCUT2D eigenvalue weighted by Crippen LogP contribution is 2.24. The summed E-state index contributed by atoms with van der Waals surface area (Å²) in [5.41, 5.74) is 2.25. The number of rotatable bonds is 5. The lowest BCUT2D eigenvalue weighted by Crippen LogP contribution is -2.10. The van der Waals surface area contributed by atoms with Gasteiger partial charge in [-0.15, -0.1) is 0 Å². The number of nitrogens with zero attached hydrogens (tertiary/aromatic N) is 2. The second-order valence-corrected chi connectivity index (χ2v) is 4.14. The first kappa shape index (κ1) is 12.9. The Kier molecular flexibility index (Phi) is 4.68. The Morgan fingerprint density at radius 3 is 2.50 bits per heavy atom. The van der Waals surface area contributed by atoms with Crippen LogP contribution in [0.15, 0.2) is 0 Å². The Morgan fingerprint density at radius 2 is 2.00 bits per heavy atom. The molecule has 1 heterocycles. The van der Waals surface area contributed by atoms with Gasteiger partial charge in [-0.1, -0.05) is 13.8 Å². The van der Waals surface area contributed by atoms with Crippen LogP contribution in [0.3, 0.4) is 0 Å². The van der Waals surface area contributed by atoms with Crippen LogP contribution in [0.25, 0.3) is 0 Å². The maximum Gasteiger partial charge on any atom is 0.133 e. The molecule has 0 aliphatic carbocycles. The zero-order valence-electron chi connectivity index (χ0n) is 10.8. The van der Waals surface area contributed by atoms with Gasteiger partial charge >= 0.3 is 0 Å². The molecule has 1 aromatic rings. The molecule has 90 valence electrons. The quantitative estimate of drug-likeness (QED) is 0.830. The highest BCUT2D eigenvalue weighted by Gasteiger charge is 2.13. The van der Waals surface area contributed by atoms with Gasteiger partial charge in [-0.25, -0.2) is 9.97 Å². The molecule has 0 radical (unpaired) electrons. The number of methoxy groups -OCH3 is 1. The zero-order chi connectivity index (χ0) is 12.1. The van der Waals surface area contributed by atoms with E-state index in [1.54, 1.807) is 7.11 Å². The fourth-order valence-electron chi connectivity index (χ4n) is 1.83. The second kappa shape index (κ2) is 5.80. The molecular weight excluding hydrogens is 202 g/mol. The predicted octanol–water partition coefficient (Wildman–Crippen LogP) is 2.14. The monoisotopic (exact) mass is 223 g/mol. The van der Waals surface area contributed by atoms with Crippen LogP contribution in [-0.2, 0) is 11.2 Å². The minimum atomic E-state index is 0.430. The molecule has 0 aliphatic rings. The summed E-state index contributed by atoms with van der Waals surface area (Å²) in [6, 6.07) is 0. The van der Waals surface area contributed by atoms with Crippen LogP contribution >= 0.6 is 0 Å². The van der Waals surface area contributed by atoms with E-state index in [2.05, 4.69) is 29.1 Å². The van der Waals surface area contributed by atoms with Crippen LogP contribution in [0.2, 0.25) is 0 Å². The van der Waals surface area contributed by atoms with E-state index in [0.717, 1.165) is 23.8 Å². The molecule has 0 unspecified atom stereocenters. The fraction of sp³-hybridized carbons (Fsp3) is 0.667. The summed E-state index contributed by atoms with van der Waals surface area (Å²) in [6.07, 6.45) is 0.754. The summed E-state index contributed by atoms with van der Waals surface area (Å²) in [4.78, 5) is 9.02. The van der Waals surface area contributed by atoms with E-state index in [0.29, 0.717) is 12.5 Å².